The second-order valence-corrected chi connectivity index (χ2v) is 10.0. The van der Waals surface area contributed by atoms with E-state index in [2.05, 4.69) is 25.3 Å². The fourth-order valence-electron chi connectivity index (χ4n) is 5.35. The number of halogens is 1. The molecule has 0 aliphatic carbocycles. The van der Waals surface area contributed by atoms with Crippen molar-refractivity contribution in [3.8, 4) is 16.8 Å². The Bertz CT molecular complexity index is 2220. The molecule has 1 atom stereocenters. The third kappa shape index (κ3) is 4.06. The fraction of sp³-hybridized carbons (Fsp3) is 0.0645. The van der Waals surface area contributed by atoms with Crippen molar-refractivity contribution >= 4 is 44.9 Å². The van der Waals surface area contributed by atoms with E-state index in [1.807, 2.05) is 84.4 Å². The number of aromatic amines is 1. The van der Waals surface area contributed by atoms with Gasteiger partial charge >= 0.3 is 0 Å². The van der Waals surface area contributed by atoms with Crippen LogP contribution in [0.3, 0.4) is 0 Å². The van der Waals surface area contributed by atoms with Crippen LogP contribution in [-0.4, -0.2) is 28.9 Å². The number of imidazole rings is 1. The van der Waals surface area contributed by atoms with Gasteiger partial charge in [0.15, 0.2) is 5.43 Å². The molecule has 0 radical (unpaired) electrons. The maximum Gasteiger partial charge on any atom is 0.263 e. The number of rotatable bonds is 5. The second kappa shape index (κ2) is 9.72. The SMILES string of the molecule is C[C@H](Nc1ncnc2[nH]ccc(=O)c12)c1c(Cl)c2cccc(-c3ccc4nccn4c3)c2c(=O)n1-c1ccccc1. The van der Waals surface area contributed by atoms with Gasteiger partial charge in [0.2, 0.25) is 0 Å². The molecule has 5 aromatic heterocycles. The molecule has 7 rings (SSSR count). The summed E-state index contributed by atoms with van der Waals surface area (Å²) in [7, 11) is 0. The van der Waals surface area contributed by atoms with Gasteiger partial charge in [-0.2, -0.15) is 0 Å². The van der Waals surface area contributed by atoms with E-state index in [0.29, 0.717) is 44.0 Å². The molecule has 0 spiro atoms. The molecule has 200 valence electrons. The van der Waals surface area contributed by atoms with Crippen LogP contribution in [0, 0.1) is 0 Å². The van der Waals surface area contributed by atoms with Gasteiger partial charge in [0.05, 0.1) is 22.1 Å². The van der Waals surface area contributed by atoms with Crippen LogP contribution >= 0.6 is 11.6 Å². The van der Waals surface area contributed by atoms with E-state index in [-0.39, 0.29) is 11.0 Å². The molecule has 0 saturated heterocycles. The summed E-state index contributed by atoms with van der Waals surface area (Å²) >= 11 is 7.20. The zero-order valence-corrected chi connectivity index (χ0v) is 22.5. The van der Waals surface area contributed by atoms with Gasteiger partial charge in [-0.05, 0) is 42.3 Å². The largest absolute Gasteiger partial charge is 0.361 e. The number of para-hydroxylation sites is 1. The summed E-state index contributed by atoms with van der Waals surface area (Å²) in [4.78, 5) is 43.1. The molecule has 0 unspecified atom stereocenters. The zero-order chi connectivity index (χ0) is 28.1. The molecule has 2 N–H and O–H groups in total. The molecule has 0 bridgehead atoms. The molecule has 0 amide bonds. The first-order valence-electron chi connectivity index (χ1n) is 13.0. The molecule has 7 aromatic rings. The van der Waals surface area contributed by atoms with Crippen LogP contribution in [0.5, 0.6) is 0 Å². The number of hydrogen-bond acceptors (Lipinski definition) is 6. The molecule has 0 fully saturated rings. The molecule has 5 heterocycles. The average Bonchev–Trinajstić information content (AvgIpc) is 3.47. The van der Waals surface area contributed by atoms with Crippen molar-refractivity contribution in [3.05, 3.63) is 129 Å². The monoisotopic (exact) mass is 559 g/mol. The number of benzene rings is 2. The molecule has 0 aliphatic heterocycles. The molecule has 41 heavy (non-hydrogen) atoms. The number of aromatic nitrogens is 6. The zero-order valence-electron chi connectivity index (χ0n) is 21.7. The number of pyridine rings is 3. The lowest BCUT2D eigenvalue weighted by atomic mass is 9.98. The van der Waals surface area contributed by atoms with Gasteiger partial charge in [-0.1, -0.05) is 48.0 Å². The third-order valence-electron chi connectivity index (χ3n) is 7.21. The predicted molar refractivity (Wildman–Crippen MR) is 161 cm³/mol. The van der Waals surface area contributed by atoms with Crippen molar-refractivity contribution in [1.82, 2.24) is 28.9 Å². The lowest BCUT2D eigenvalue weighted by molar-refractivity contribution is 0.774. The van der Waals surface area contributed by atoms with Crippen molar-refractivity contribution in [3.63, 3.8) is 0 Å². The Morgan fingerprint density at radius 3 is 2.63 bits per heavy atom. The highest BCUT2D eigenvalue weighted by atomic mass is 35.5. The summed E-state index contributed by atoms with van der Waals surface area (Å²) in [6.07, 6.45) is 8.47. The Morgan fingerprint density at radius 2 is 1.78 bits per heavy atom. The molecule has 2 aromatic carbocycles. The number of nitrogens with zero attached hydrogens (tertiary/aromatic N) is 5. The minimum absolute atomic E-state index is 0.217. The van der Waals surface area contributed by atoms with Crippen LogP contribution in [0.4, 0.5) is 5.82 Å². The minimum Gasteiger partial charge on any atom is -0.361 e. The third-order valence-corrected chi connectivity index (χ3v) is 7.61. The van der Waals surface area contributed by atoms with Crippen molar-refractivity contribution < 1.29 is 0 Å². The summed E-state index contributed by atoms with van der Waals surface area (Å²) < 4.78 is 3.55. The normalized spacial score (nSPS) is 12.2. The Kier molecular flexibility index (Phi) is 5.87. The van der Waals surface area contributed by atoms with Gasteiger partial charge < -0.3 is 14.7 Å². The van der Waals surface area contributed by atoms with Crippen LogP contribution in [0.1, 0.15) is 18.7 Å². The molecule has 9 nitrogen and oxygen atoms in total. The van der Waals surface area contributed by atoms with Gasteiger partial charge in [0, 0.05) is 41.9 Å². The minimum atomic E-state index is -0.525. The topological polar surface area (TPSA) is 110 Å². The first-order valence-corrected chi connectivity index (χ1v) is 13.3. The van der Waals surface area contributed by atoms with Crippen LogP contribution in [0.2, 0.25) is 5.02 Å². The maximum absolute atomic E-state index is 14.5. The van der Waals surface area contributed by atoms with Crippen LogP contribution in [0.25, 0.3) is 44.3 Å². The Labute approximate surface area is 237 Å². The fourth-order valence-corrected chi connectivity index (χ4v) is 5.76. The van der Waals surface area contributed by atoms with Crippen molar-refractivity contribution in [2.75, 3.05) is 5.32 Å². The number of hydrogen-bond donors (Lipinski definition) is 2. The van der Waals surface area contributed by atoms with E-state index in [0.717, 1.165) is 16.8 Å². The van der Waals surface area contributed by atoms with Gasteiger partial charge in [-0.25, -0.2) is 15.0 Å². The van der Waals surface area contributed by atoms with E-state index in [1.54, 1.807) is 17.0 Å². The lowest BCUT2D eigenvalue weighted by Crippen LogP contribution is -2.27. The quantitative estimate of drug-likeness (QED) is 0.277. The van der Waals surface area contributed by atoms with E-state index >= 15 is 0 Å². The van der Waals surface area contributed by atoms with Crippen molar-refractivity contribution in [2.45, 2.75) is 13.0 Å². The number of fused-ring (bicyclic) bond motifs is 3. The van der Waals surface area contributed by atoms with Crippen LogP contribution < -0.4 is 16.3 Å². The Hall–Kier alpha value is -5.28. The van der Waals surface area contributed by atoms with Gasteiger partial charge in [-0.15, -0.1) is 0 Å². The highest BCUT2D eigenvalue weighted by Gasteiger charge is 2.24. The summed E-state index contributed by atoms with van der Waals surface area (Å²) in [5.74, 6) is 0.343. The predicted octanol–water partition coefficient (Wildman–Crippen LogP) is 5.76. The van der Waals surface area contributed by atoms with Crippen LogP contribution in [-0.2, 0) is 0 Å². The standard InChI is InChI=1S/C31H22ClN7O2/c1-18(37-30-26-23(40)12-13-34-29(26)35-17-36-30)28-27(32)22-9-5-8-21(19-10-11-24-33-14-15-38(24)16-19)25(22)31(41)39(28)20-6-3-2-4-7-20/h2-18H,1H3,(H2,34,35,36,37,40)/t18-/m0/s1. The van der Waals surface area contributed by atoms with E-state index in [1.165, 1.54) is 12.4 Å². The molecule has 0 saturated carbocycles. The molecule has 0 aliphatic rings. The summed E-state index contributed by atoms with van der Waals surface area (Å²) in [5.41, 5.74) is 3.60. The number of H-pyrrole nitrogens is 1. The Morgan fingerprint density at radius 1 is 0.927 bits per heavy atom. The number of anilines is 1. The lowest BCUT2D eigenvalue weighted by Gasteiger charge is -2.24. The summed E-state index contributed by atoms with van der Waals surface area (Å²) in [6.45, 7) is 1.88. The summed E-state index contributed by atoms with van der Waals surface area (Å²) in [6, 6.07) is 19.8. The van der Waals surface area contributed by atoms with E-state index in [4.69, 9.17) is 11.6 Å². The molecular weight excluding hydrogens is 538 g/mol. The smallest absolute Gasteiger partial charge is 0.263 e. The molecule has 10 heteroatoms. The van der Waals surface area contributed by atoms with Crippen molar-refractivity contribution in [2.24, 2.45) is 0 Å². The Balaban J connectivity index is 1.48. The highest BCUT2D eigenvalue weighted by molar-refractivity contribution is 6.36. The molecular formula is C31H22ClN7O2. The first kappa shape index (κ1) is 24.7. The van der Waals surface area contributed by atoms with Crippen molar-refractivity contribution in [1.29, 1.82) is 0 Å². The average molecular weight is 560 g/mol. The van der Waals surface area contributed by atoms with E-state index < -0.39 is 6.04 Å². The van der Waals surface area contributed by atoms with Gasteiger partial charge in [0.1, 0.15) is 28.8 Å². The maximum atomic E-state index is 14.5. The van der Waals surface area contributed by atoms with Gasteiger partial charge in [-0.3, -0.25) is 14.2 Å². The number of nitrogens with one attached hydrogen (secondary N) is 2. The second-order valence-electron chi connectivity index (χ2n) is 9.67. The van der Waals surface area contributed by atoms with E-state index in [9.17, 15) is 9.59 Å². The van der Waals surface area contributed by atoms with Gasteiger partial charge in [0.25, 0.3) is 5.56 Å². The summed E-state index contributed by atoms with van der Waals surface area (Å²) in [5, 5.41) is 5.19. The van der Waals surface area contributed by atoms with Crippen LogP contribution in [0.15, 0.2) is 107 Å². The first-order chi connectivity index (χ1) is 20.0. The highest BCUT2D eigenvalue weighted by Crippen LogP contribution is 2.36.